The number of hydrazine groups is 1. The quantitative estimate of drug-likeness (QED) is 0.344. The Labute approximate surface area is 94.9 Å². The van der Waals surface area contributed by atoms with Crippen molar-refractivity contribution in [3.8, 4) is 0 Å². The smallest absolute Gasteiger partial charge is 0.328 e. The number of halogens is 1. The second-order valence-electron chi connectivity index (χ2n) is 2.55. The number of carboxylic acids is 1. The summed E-state index contributed by atoms with van der Waals surface area (Å²) in [7, 11) is 0. The standard InChI is InChI=1S/C9H9IN2O2/c10-8-5-7(12-11)3-1-6(8)2-4-9(13)14/h1-5,12H,11H2,(H,13,14)/b4-2+. The van der Waals surface area contributed by atoms with Crippen LogP contribution in [0.1, 0.15) is 5.56 Å². The molecule has 0 radical (unpaired) electrons. The maximum absolute atomic E-state index is 10.3. The Morgan fingerprint density at radius 2 is 2.29 bits per heavy atom. The molecule has 0 aliphatic rings. The van der Waals surface area contributed by atoms with Gasteiger partial charge in [0.2, 0.25) is 0 Å². The van der Waals surface area contributed by atoms with E-state index in [1.54, 1.807) is 18.2 Å². The Bertz CT molecular complexity index is 377. The van der Waals surface area contributed by atoms with E-state index in [1.807, 2.05) is 6.07 Å². The summed E-state index contributed by atoms with van der Waals surface area (Å²) < 4.78 is 0.940. The molecule has 0 aliphatic carbocycles. The number of carbonyl (C=O) groups is 1. The number of hydrogen-bond acceptors (Lipinski definition) is 3. The SMILES string of the molecule is NNc1ccc(/C=C/C(=O)O)c(I)c1. The number of hydrogen-bond donors (Lipinski definition) is 3. The lowest BCUT2D eigenvalue weighted by molar-refractivity contribution is -0.131. The first kappa shape index (κ1) is 11.0. The van der Waals surface area contributed by atoms with Crippen molar-refractivity contribution in [1.29, 1.82) is 0 Å². The summed E-state index contributed by atoms with van der Waals surface area (Å²) in [6.07, 6.45) is 2.65. The highest BCUT2D eigenvalue weighted by molar-refractivity contribution is 14.1. The maximum atomic E-state index is 10.3. The lowest BCUT2D eigenvalue weighted by Gasteiger charge is -2.02. The predicted octanol–water partition coefficient (Wildman–Crippen LogP) is 1.67. The number of benzene rings is 1. The number of anilines is 1. The third-order valence-electron chi connectivity index (χ3n) is 1.57. The van der Waals surface area contributed by atoms with E-state index in [1.165, 1.54) is 0 Å². The van der Waals surface area contributed by atoms with Gasteiger partial charge in [0.25, 0.3) is 0 Å². The first-order chi connectivity index (χ1) is 6.63. The molecule has 4 N–H and O–H groups in total. The third kappa shape index (κ3) is 3.00. The van der Waals surface area contributed by atoms with Crippen molar-refractivity contribution in [2.45, 2.75) is 0 Å². The van der Waals surface area contributed by atoms with Gasteiger partial charge in [-0.2, -0.15) is 0 Å². The molecular formula is C9H9IN2O2. The van der Waals surface area contributed by atoms with Crippen LogP contribution in [-0.2, 0) is 4.79 Å². The highest BCUT2D eigenvalue weighted by Gasteiger charge is 1.97. The summed E-state index contributed by atoms with van der Waals surface area (Å²) in [6.45, 7) is 0. The molecule has 0 saturated heterocycles. The average Bonchev–Trinajstić information content (AvgIpc) is 2.15. The van der Waals surface area contributed by atoms with E-state index in [2.05, 4.69) is 28.0 Å². The molecule has 0 bridgehead atoms. The Balaban J connectivity index is 2.94. The van der Waals surface area contributed by atoms with Gasteiger partial charge in [-0.05, 0) is 46.4 Å². The van der Waals surface area contributed by atoms with Crippen molar-refractivity contribution < 1.29 is 9.90 Å². The zero-order valence-electron chi connectivity index (χ0n) is 7.20. The van der Waals surface area contributed by atoms with Crippen molar-refractivity contribution in [2.24, 2.45) is 5.84 Å². The largest absolute Gasteiger partial charge is 0.478 e. The van der Waals surface area contributed by atoms with Gasteiger partial charge in [-0.3, -0.25) is 5.84 Å². The van der Waals surface area contributed by atoms with E-state index in [0.717, 1.165) is 20.9 Å². The van der Waals surface area contributed by atoms with Crippen LogP contribution in [0.4, 0.5) is 5.69 Å². The summed E-state index contributed by atoms with van der Waals surface area (Å²) in [5, 5.41) is 8.44. The Kier molecular flexibility index (Phi) is 3.90. The average molecular weight is 304 g/mol. The third-order valence-corrected chi connectivity index (χ3v) is 2.51. The molecule has 0 amide bonds. The number of nitrogens with two attached hydrogens (primary N) is 1. The summed E-state index contributed by atoms with van der Waals surface area (Å²) in [5.74, 6) is 4.27. The van der Waals surface area contributed by atoms with Crippen LogP contribution in [0.5, 0.6) is 0 Å². The van der Waals surface area contributed by atoms with Gasteiger partial charge in [0.1, 0.15) is 0 Å². The minimum atomic E-state index is -0.957. The molecule has 4 nitrogen and oxygen atoms in total. The molecule has 0 aliphatic heterocycles. The molecule has 0 aromatic heterocycles. The number of carboxylic acid groups (broad SMARTS) is 1. The van der Waals surface area contributed by atoms with Gasteiger partial charge < -0.3 is 10.5 Å². The van der Waals surface area contributed by atoms with Gasteiger partial charge in [0, 0.05) is 15.3 Å². The Hall–Kier alpha value is -1.08. The summed E-state index contributed by atoms with van der Waals surface area (Å²) in [4.78, 5) is 10.3. The molecular weight excluding hydrogens is 295 g/mol. The molecule has 74 valence electrons. The number of nitrogens with one attached hydrogen (secondary N) is 1. The predicted molar refractivity (Wildman–Crippen MR) is 63.6 cm³/mol. The van der Waals surface area contributed by atoms with Crippen molar-refractivity contribution in [2.75, 3.05) is 5.43 Å². The van der Waals surface area contributed by atoms with E-state index >= 15 is 0 Å². The zero-order chi connectivity index (χ0) is 10.6. The van der Waals surface area contributed by atoms with E-state index in [4.69, 9.17) is 10.9 Å². The molecule has 0 saturated carbocycles. The van der Waals surface area contributed by atoms with Crippen LogP contribution in [0, 0.1) is 3.57 Å². The lowest BCUT2D eigenvalue weighted by Crippen LogP contribution is -2.06. The molecule has 0 spiro atoms. The van der Waals surface area contributed by atoms with Gasteiger partial charge in [0.05, 0.1) is 0 Å². The van der Waals surface area contributed by atoms with Crippen LogP contribution in [0.15, 0.2) is 24.3 Å². The van der Waals surface area contributed by atoms with Crippen LogP contribution < -0.4 is 11.3 Å². The van der Waals surface area contributed by atoms with Crippen LogP contribution in [0.3, 0.4) is 0 Å². The van der Waals surface area contributed by atoms with Crippen LogP contribution >= 0.6 is 22.6 Å². The van der Waals surface area contributed by atoms with Gasteiger partial charge >= 0.3 is 5.97 Å². The fourth-order valence-corrected chi connectivity index (χ4v) is 1.61. The van der Waals surface area contributed by atoms with E-state index in [-0.39, 0.29) is 0 Å². The fourth-order valence-electron chi connectivity index (χ4n) is 0.913. The highest BCUT2D eigenvalue weighted by Crippen LogP contribution is 2.18. The van der Waals surface area contributed by atoms with Gasteiger partial charge in [0.15, 0.2) is 0 Å². The molecule has 14 heavy (non-hydrogen) atoms. The fraction of sp³-hybridized carbons (Fsp3) is 0. The van der Waals surface area contributed by atoms with Crippen molar-refractivity contribution >= 4 is 40.3 Å². The van der Waals surface area contributed by atoms with Crippen LogP contribution in [0.25, 0.3) is 6.08 Å². The minimum Gasteiger partial charge on any atom is -0.478 e. The zero-order valence-corrected chi connectivity index (χ0v) is 9.36. The molecule has 1 aromatic carbocycles. The number of rotatable bonds is 3. The van der Waals surface area contributed by atoms with E-state index < -0.39 is 5.97 Å². The number of nitrogen functional groups attached to an aromatic ring is 1. The first-order valence-electron chi connectivity index (χ1n) is 3.80. The summed E-state index contributed by atoms with van der Waals surface area (Å²) in [6, 6.07) is 5.42. The molecule has 0 fully saturated rings. The van der Waals surface area contributed by atoms with Gasteiger partial charge in [-0.15, -0.1) is 0 Å². The van der Waals surface area contributed by atoms with Crippen molar-refractivity contribution in [1.82, 2.24) is 0 Å². The summed E-state index contributed by atoms with van der Waals surface area (Å²) >= 11 is 2.12. The van der Waals surface area contributed by atoms with Crippen molar-refractivity contribution in [3.63, 3.8) is 0 Å². The van der Waals surface area contributed by atoms with Gasteiger partial charge in [-0.1, -0.05) is 6.07 Å². The lowest BCUT2D eigenvalue weighted by atomic mass is 10.2. The first-order valence-corrected chi connectivity index (χ1v) is 4.88. The Morgan fingerprint density at radius 3 is 2.79 bits per heavy atom. The van der Waals surface area contributed by atoms with E-state index in [0.29, 0.717) is 0 Å². The van der Waals surface area contributed by atoms with Crippen LogP contribution in [0.2, 0.25) is 0 Å². The van der Waals surface area contributed by atoms with E-state index in [9.17, 15) is 4.79 Å². The van der Waals surface area contributed by atoms with Gasteiger partial charge in [-0.25, -0.2) is 4.79 Å². The van der Waals surface area contributed by atoms with Crippen LogP contribution in [-0.4, -0.2) is 11.1 Å². The highest BCUT2D eigenvalue weighted by atomic mass is 127. The molecule has 0 atom stereocenters. The molecule has 0 heterocycles. The molecule has 5 heteroatoms. The molecule has 1 aromatic rings. The normalized spacial score (nSPS) is 10.4. The molecule has 0 unspecified atom stereocenters. The Morgan fingerprint density at radius 1 is 1.57 bits per heavy atom. The monoisotopic (exact) mass is 304 g/mol. The maximum Gasteiger partial charge on any atom is 0.328 e. The second kappa shape index (κ2) is 4.97. The molecule has 1 rings (SSSR count). The summed E-state index contributed by atoms with van der Waals surface area (Å²) in [5.41, 5.74) is 4.16. The second-order valence-corrected chi connectivity index (χ2v) is 3.71. The minimum absolute atomic E-state index is 0.793. The van der Waals surface area contributed by atoms with Crippen molar-refractivity contribution in [3.05, 3.63) is 33.4 Å². The number of aliphatic carboxylic acids is 1. The topological polar surface area (TPSA) is 75.3 Å².